The normalized spacial score (nSPS) is 19.3. The lowest BCUT2D eigenvalue weighted by molar-refractivity contribution is -0.139. The fourth-order valence-corrected chi connectivity index (χ4v) is 4.60. The molecule has 0 aromatic carbocycles. The molecule has 2 aliphatic rings. The predicted molar refractivity (Wildman–Crippen MR) is 105 cm³/mol. The van der Waals surface area contributed by atoms with Gasteiger partial charge in [-0.1, -0.05) is 11.6 Å². The lowest BCUT2D eigenvalue weighted by Crippen LogP contribution is -2.52. The molecule has 2 aromatic rings. The highest BCUT2D eigenvalue weighted by atomic mass is 35.5. The Balaban J connectivity index is 1.42. The first-order chi connectivity index (χ1) is 13.5. The summed E-state index contributed by atoms with van der Waals surface area (Å²) < 4.78 is 1.53. The molecule has 0 unspecified atom stereocenters. The molecule has 0 bridgehead atoms. The quantitative estimate of drug-likeness (QED) is 0.792. The van der Waals surface area contributed by atoms with Gasteiger partial charge in [0.2, 0.25) is 5.91 Å². The second kappa shape index (κ2) is 7.54. The average Bonchev–Trinajstić information content (AvgIpc) is 3.04. The number of likely N-dealkylation sites (tertiary alicyclic amines) is 2. The second-order valence-corrected chi connectivity index (χ2v) is 8.27. The number of nitrogens with zero attached hydrogens (tertiary/aromatic N) is 5. The molecule has 8 heteroatoms. The molecule has 4 rings (SSSR count). The Morgan fingerprint density at radius 3 is 2.57 bits per heavy atom. The molecule has 2 aromatic heterocycles. The number of piperidine rings is 2. The van der Waals surface area contributed by atoms with Crippen molar-refractivity contribution < 1.29 is 9.59 Å². The molecule has 0 saturated carbocycles. The summed E-state index contributed by atoms with van der Waals surface area (Å²) in [5.41, 5.74) is 1.63. The van der Waals surface area contributed by atoms with Crippen LogP contribution in [0.3, 0.4) is 0 Å². The van der Waals surface area contributed by atoms with E-state index in [1.54, 1.807) is 19.4 Å². The van der Waals surface area contributed by atoms with E-state index in [0.29, 0.717) is 36.8 Å². The van der Waals surface area contributed by atoms with Crippen molar-refractivity contribution in [2.75, 3.05) is 19.6 Å². The lowest BCUT2D eigenvalue weighted by Gasteiger charge is -2.47. The van der Waals surface area contributed by atoms with Crippen LogP contribution in [0.25, 0.3) is 0 Å². The van der Waals surface area contributed by atoms with Crippen LogP contribution >= 0.6 is 11.6 Å². The third-order valence-corrected chi connectivity index (χ3v) is 6.36. The van der Waals surface area contributed by atoms with Crippen molar-refractivity contribution in [3.8, 4) is 0 Å². The van der Waals surface area contributed by atoms with Gasteiger partial charge in [0.25, 0.3) is 5.91 Å². The van der Waals surface area contributed by atoms with E-state index in [0.717, 1.165) is 31.4 Å². The molecule has 4 heterocycles. The molecule has 0 atom stereocenters. The molecular weight excluding hydrogens is 378 g/mol. The zero-order valence-electron chi connectivity index (χ0n) is 16.0. The van der Waals surface area contributed by atoms with Gasteiger partial charge in [-0.15, -0.1) is 0 Å². The summed E-state index contributed by atoms with van der Waals surface area (Å²) in [5, 5.41) is 4.45. The first-order valence-electron chi connectivity index (χ1n) is 9.61. The number of hydrogen-bond acceptors (Lipinski definition) is 4. The summed E-state index contributed by atoms with van der Waals surface area (Å²) >= 11 is 6.13. The van der Waals surface area contributed by atoms with E-state index < -0.39 is 0 Å². The van der Waals surface area contributed by atoms with Gasteiger partial charge in [0.05, 0.1) is 11.2 Å². The summed E-state index contributed by atoms with van der Waals surface area (Å²) in [6.07, 6.45) is 8.28. The van der Waals surface area contributed by atoms with E-state index in [1.165, 1.54) is 10.9 Å². The third kappa shape index (κ3) is 3.63. The SMILES string of the molecule is Cn1ncc(Cl)c1C(=O)N1CCC2(CCC(=O)N(Cc3ccncc3)C2)CC1. The molecule has 7 nitrogen and oxygen atoms in total. The third-order valence-electron chi connectivity index (χ3n) is 6.08. The highest BCUT2D eigenvalue weighted by Crippen LogP contribution is 2.41. The van der Waals surface area contributed by atoms with Gasteiger partial charge in [0, 0.05) is 52.0 Å². The minimum Gasteiger partial charge on any atom is -0.338 e. The Labute approximate surface area is 169 Å². The first kappa shape index (κ1) is 18.9. The molecule has 148 valence electrons. The molecular formula is C20H24ClN5O2. The highest BCUT2D eigenvalue weighted by Gasteiger charge is 2.42. The van der Waals surface area contributed by atoms with Crippen molar-refractivity contribution in [3.05, 3.63) is 47.0 Å². The van der Waals surface area contributed by atoms with E-state index in [-0.39, 0.29) is 17.2 Å². The zero-order chi connectivity index (χ0) is 19.7. The first-order valence-corrected chi connectivity index (χ1v) is 9.99. The van der Waals surface area contributed by atoms with Gasteiger partial charge in [0.15, 0.2) is 0 Å². The predicted octanol–water partition coefficient (Wildman–Crippen LogP) is 2.51. The van der Waals surface area contributed by atoms with Crippen LogP contribution in [-0.4, -0.2) is 56.0 Å². The number of rotatable bonds is 3. The summed E-state index contributed by atoms with van der Waals surface area (Å²) in [7, 11) is 1.73. The zero-order valence-corrected chi connectivity index (χ0v) is 16.7. The van der Waals surface area contributed by atoms with Crippen molar-refractivity contribution in [2.24, 2.45) is 12.5 Å². The van der Waals surface area contributed by atoms with E-state index in [2.05, 4.69) is 10.1 Å². The molecule has 2 aliphatic heterocycles. The van der Waals surface area contributed by atoms with Crippen LogP contribution in [0.4, 0.5) is 0 Å². The van der Waals surface area contributed by atoms with Gasteiger partial charge in [-0.25, -0.2) is 0 Å². The summed E-state index contributed by atoms with van der Waals surface area (Å²) in [5.74, 6) is 0.142. The monoisotopic (exact) mass is 401 g/mol. The van der Waals surface area contributed by atoms with Crippen LogP contribution < -0.4 is 0 Å². The number of hydrogen-bond donors (Lipinski definition) is 0. The van der Waals surface area contributed by atoms with Crippen LogP contribution in [0.1, 0.15) is 41.7 Å². The molecule has 2 saturated heterocycles. The van der Waals surface area contributed by atoms with E-state index >= 15 is 0 Å². The van der Waals surface area contributed by atoms with Crippen molar-refractivity contribution in [2.45, 2.75) is 32.2 Å². The summed E-state index contributed by atoms with van der Waals surface area (Å²) in [6, 6.07) is 3.90. The van der Waals surface area contributed by atoms with Gasteiger partial charge in [-0.3, -0.25) is 19.3 Å². The van der Waals surface area contributed by atoms with Crippen molar-refractivity contribution in [1.29, 1.82) is 0 Å². The summed E-state index contributed by atoms with van der Waals surface area (Å²) in [6.45, 7) is 2.73. The maximum Gasteiger partial charge on any atom is 0.273 e. The van der Waals surface area contributed by atoms with Crippen molar-refractivity contribution in [3.63, 3.8) is 0 Å². The lowest BCUT2D eigenvalue weighted by atomic mass is 9.72. The Morgan fingerprint density at radius 1 is 1.21 bits per heavy atom. The molecule has 2 amide bonds. The van der Waals surface area contributed by atoms with E-state index in [9.17, 15) is 9.59 Å². The maximum absolute atomic E-state index is 12.8. The largest absolute Gasteiger partial charge is 0.338 e. The number of aryl methyl sites for hydroxylation is 1. The van der Waals surface area contributed by atoms with Crippen molar-refractivity contribution >= 4 is 23.4 Å². The Morgan fingerprint density at radius 2 is 1.93 bits per heavy atom. The molecule has 1 spiro atoms. The number of halogens is 1. The molecule has 0 N–H and O–H groups in total. The number of carbonyl (C=O) groups excluding carboxylic acids is 2. The van der Waals surface area contributed by atoms with Gasteiger partial charge >= 0.3 is 0 Å². The minimum absolute atomic E-state index is 0.0691. The van der Waals surface area contributed by atoms with Crippen LogP contribution in [0, 0.1) is 5.41 Å². The van der Waals surface area contributed by atoms with Crippen LogP contribution in [0.2, 0.25) is 5.02 Å². The average molecular weight is 402 g/mol. The smallest absolute Gasteiger partial charge is 0.273 e. The Kier molecular flexibility index (Phi) is 5.10. The Bertz CT molecular complexity index is 854. The fourth-order valence-electron chi connectivity index (χ4n) is 4.35. The van der Waals surface area contributed by atoms with Crippen LogP contribution in [0.5, 0.6) is 0 Å². The maximum atomic E-state index is 12.8. The van der Waals surface area contributed by atoms with E-state index in [1.807, 2.05) is 21.9 Å². The van der Waals surface area contributed by atoms with Crippen LogP contribution in [0.15, 0.2) is 30.7 Å². The van der Waals surface area contributed by atoms with Crippen molar-refractivity contribution in [1.82, 2.24) is 24.6 Å². The number of carbonyl (C=O) groups is 2. The fraction of sp³-hybridized carbons (Fsp3) is 0.500. The van der Waals surface area contributed by atoms with Gasteiger partial charge in [0.1, 0.15) is 5.69 Å². The number of pyridine rings is 1. The summed E-state index contributed by atoms with van der Waals surface area (Å²) in [4.78, 5) is 33.2. The van der Waals surface area contributed by atoms with E-state index in [4.69, 9.17) is 11.6 Å². The van der Waals surface area contributed by atoms with Gasteiger partial charge < -0.3 is 9.80 Å². The molecule has 2 fully saturated rings. The van der Waals surface area contributed by atoms with Gasteiger partial charge in [-0.2, -0.15) is 5.10 Å². The topological polar surface area (TPSA) is 71.3 Å². The number of amides is 2. The van der Waals surface area contributed by atoms with Crippen LogP contribution in [-0.2, 0) is 18.4 Å². The molecule has 0 radical (unpaired) electrons. The minimum atomic E-state index is -0.0691. The number of aromatic nitrogens is 3. The molecule has 28 heavy (non-hydrogen) atoms. The second-order valence-electron chi connectivity index (χ2n) is 7.86. The van der Waals surface area contributed by atoms with Gasteiger partial charge in [-0.05, 0) is 42.4 Å². The standard InChI is InChI=1S/C20H24ClN5O2/c1-24-18(16(21)12-23-24)19(28)25-10-6-20(7-11-25)5-2-17(27)26(14-20)13-15-3-8-22-9-4-15/h3-4,8-9,12H,2,5-7,10-11,13-14H2,1H3. The Hall–Kier alpha value is -2.41. The molecule has 0 aliphatic carbocycles. The highest BCUT2D eigenvalue weighted by molar-refractivity contribution is 6.33.